The van der Waals surface area contributed by atoms with Crippen molar-refractivity contribution in [3.63, 3.8) is 0 Å². The summed E-state index contributed by atoms with van der Waals surface area (Å²) >= 11 is 0. The van der Waals surface area contributed by atoms with Crippen LogP contribution < -0.4 is 4.90 Å². The fourth-order valence-electron chi connectivity index (χ4n) is 3.44. The van der Waals surface area contributed by atoms with Gasteiger partial charge in [-0.25, -0.2) is 8.78 Å². The highest BCUT2D eigenvalue weighted by Gasteiger charge is 2.55. The van der Waals surface area contributed by atoms with Gasteiger partial charge in [-0.05, 0) is 29.3 Å². The second-order valence-corrected chi connectivity index (χ2v) is 6.52. The molecule has 1 aromatic heterocycles. The molecule has 0 radical (unpaired) electrons. The number of para-hydroxylation sites is 1. The Morgan fingerprint density at radius 2 is 1.86 bits per heavy atom. The highest BCUT2D eigenvalue weighted by Crippen LogP contribution is 2.48. The van der Waals surface area contributed by atoms with Crippen LogP contribution in [-0.2, 0) is 17.3 Å². The smallest absolute Gasteiger partial charge is 0.352 e. The molecule has 1 amide bonds. The molecule has 1 N–H and O–H groups in total. The molecule has 3 aromatic rings. The summed E-state index contributed by atoms with van der Waals surface area (Å²) < 4.78 is 55.2. The topological polar surface area (TPSA) is 53.4 Å². The Kier molecular flexibility index (Phi) is 4.30. The van der Waals surface area contributed by atoms with Gasteiger partial charge in [-0.2, -0.15) is 8.78 Å². The summed E-state index contributed by atoms with van der Waals surface area (Å²) in [6.45, 7) is -0.201. The molecule has 1 atom stereocenters. The van der Waals surface area contributed by atoms with Crippen molar-refractivity contribution in [2.24, 2.45) is 0 Å². The maximum atomic E-state index is 14.7. The lowest BCUT2D eigenvalue weighted by Gasteiger charge is -2.18. The number of anilines is 1. The number of aliphatic hydroxyl groups is 1. The van der Waals surface area contributed by atoms with E-state index in [2.05, 4.69) is 4.98 Å². The first-order valence-corrected chi connectivity index (χ1v) is 8.43. The van der Waals surface area contributed by atoms with Crippen LogP contribution in [0.3, 0.4) is 0 Å². The fourth-order valence-corrected chi connectivity index (χ4v) is 3.44. The van der Waals surface area contributed by atoms with E-state index in [9.17, 15) is 27.5 Å². The van der Waals surface area contributed by atoms with Crippen LogP contribution in [0.1, 0.15) is 22.8 Å². The van der Waals surface area contributed by atoms with E-state index < -0.39 is 35.5 Å². The van der Waals surface area contributed by atoms with Gasteiger partial charge in [-0.15, -0.1) is 0 Å². The Bertz CT molecular complexity index is 1070. The third kappa shape index (κ3) is 2.80. The second-order valence-electron chi connectivity index (χ2n) is 6.52. The largest absolute Gasteiger partial charge is 0.382 e. The van der Waals surface area contributed by atoms with Crippen LogP contribution in [0.25, 0.3) is 10.9 Å². The van der Waals surface area contributed by atoms with Gasteiger partial charge in [0.1, 0.15) is 6.10 Å². The van der Waals surface area contributed by atoms with E-state index in [1.54, 1.807) is 24.3 Å². The average Bonchev–Trinajstić information content (AvgIpc) is 2.88. The lowest BCUT2D eigenvalue weighted by Crippen LogP contribution is -2.34. The predicted molar refractivity (Wildman–Crippen MR) is 94.2 cm³/mol. The number of pyridine rings is 1. The summed E-state index contributed by atoms with van der Waals surface area (Å²) in [6, 6.07) is 12.4. The van der Waals surface area contributed by atoms with Crippen molar-refractivity contribution >= 4 is 22.5 Å². The van der Waals surface area contributed by atoms with Gasteiger partial charge in [0.05, 0.1) is 23.3 Å². The molecule has 0 saturated heterocycles. The van der Waals surface area contributed by atoms with Gasteiger partial charge in [0, 0.05) is 11.6 Å². The number of alkyl halides is 4. The zero-order valence-corrected chi connectivity index (χ0v) is 14.3. The highest BCUT2D eigenvalue weighted by molar-refractivity contribution is 6.06. The molecule has 0 bridgehead atoms. The Morgan fingerprint density at radius 3 is 2.61 bits per heavy atom. The van der Waals surface area contributed by atoms with Crippen LogP contribution in [0.2, 0.25) is 0 Å². The van der Waals surface area contributed by atoms with E-state index in [0.29, 0.717) is 11.1 Å². The van der Waals surface area contributed by atoms with Gasteiger partial charge >= 0.3 is 11.8 Å². The minimum atomic E-state index is -4.01. The number of nitrogens with zero attached hydrogens (tertiary/aromatic N) is 2. The average molecular weight is 390 g/mol. The van der Waals surface area contributed by atoms with Crippen LogP contribution in [0.15, 0.2) is 54.7 Å². The minimum Gasteiger partial charge on any atom is -0.382 e. The Labute approximate surface area is 157 Å². The Balaban J connectivity index is 1.77. The van der Waals surface area contributed by atoms with Gasteiger partial charge in [-0.1, -0.05) is 30.3 Å². The van der Waals surface area contributed by atoms with Crippen molar-refractivity contribution in [1.29, 1.82) is 0 Å². The SMILES string of the molecule is O=C1N(Cc2cnc3ccccc3c2)c2cccc(C(O)C(F)F)c2C1(F)F. The maximum Gasteiger partial charge on any atom is 0.352 e. The molecular weight excluding hydrogens is 376 g/mol. The third-order valence-corrected chi connectivity index (χ3v) is 4.74. The lowest BCUT2D eigenvalue weighted by molar-refractivity contribution is -0.142. The minimum absolute atomic E-state index is 0.194. The van der Waals surface area contributed by atoms with Crippen LogP contribution in [-0.4, -0.2) is 22.4 Å². The summed E-state index contributed by atoms with van der Waals surface area (Å²) in [4.78, 5) is 17.5. The predicted octanol–water partition coefficient (Wildman–Crippen LogP) is 4.17. The van der Waals surface area contributed by atoms with Gasteiger partial charge in [0.25, 0.3) is 6.43 Å². The standard InChI is InChI=1S/C20H14F4N2O2/c21-18(22)17(27)13-5-3-7-15-16(13)20(23,24)19(28)26(15)10-11-8-12-4-1-2-6-14(12)25-9-11/h1-9,17-18,27H,10H2. The number of amides is 1. The zero-order chi connectivity index (χ0) is 20.1. The first kappa shape index (κ1) is 18.4. The molecule has 4 rings (SSSR count). The highest BCUT2D eigenvalue weighted by atomic mass is 19.3. The maximum absolute atomic E-state index is 14.7. The van der Waals surface area contributed by atoms with E-state index >= 15 is 0 Å². The number of aromatic nitrogens is 1. The van der Waals surface area contributed by atoms with Gasteiger partial charge < -0.3 is 10.0 Å². The van der Waals surface area contributed by atoms with Crippen molar-refractivity contribution in [1.82, 2.24) is 4.98 Å². The molecule has 2 aromatic carbocycles. The molecule has 1 unspecified atom stereocenters. The van der Waals surface area contributed by atoms with Crippen LogP contribution in [0, 0.1) is 0 Å². The summed E-state index contributed by atoms with van der Waals surface area (Å²) in [7, 11) is 0. The number of carbonyl (C=O) groups is 1. The summed E-state index contributed by atoms with van der Waals surface area (Å²) in [5.74, 6) is -5.53. The quantitative estimate of drug-likeness (QED) is 0.681. The number of rotatable bonds is 4. The van der Waals surface area contributed by atoms with Gasteiger partial charge in [0.2, 0.25) is 0 Å². The molecule has 28 heavy (non-hydrogen) atoms. The van der Waals surface area contributed by atoms with Crippen molar-refractivity contribution in [2.75, 3.05) is 4.90 Å². The number of benzene rings is 2. The molecule has 1 aliphatic heterocycles. The van der Waals surface area contributed by atoms with Gasteiger partial charge in [-0.3, -0.25) is 9.78 Å². The van der Waals surface area contributed by atoms with Crippen LogP contribution in [0.5, 0.6) is 0 Å². The number of hydrogen-bond acceptors (Lipinski definition) is 3. The molecule has 0 fully saturated rings. The lowest BCUT2D eigenvalue weighted by atomic mass is 9.98. The monoisotopic (exact) mass is 390 g/mol. The van der Waals surface area contributed by atoms with Crippen LogP contribution in [0.4, 0.5) is 23.2 Å². The molecule has 144 valence electrons. The first-order valence-electron chi connectivity index (χ1n) is 8.43. The van der Waals surface area contributed by atoms with E-state index in [0.717, 1.165) is 16.4 Å². The second kappa shape index (κ2) is 6.56. The normalized spacial score (nSPS) is 16.6. The fraction of sp³-hybridized carbons (Fsp3) is 0.200. The van der Waals surface area contributed by atoms with E-state index in [1.165, 1.54) is 18.3 Å². The van der Waals surface area contributed by atoms with Crippen molar-refractivity contribution in [2.45, 2.75) is 25.0 Å². The molecule has 0 aliphatic carbocycles. The van der Waals surface area contributed by atoms with E-state index in [-0.39, 0.29) is 12.2 Å². The Morgan fingerprint density at radius 1 is 1.11 bits per heavy atom. The zero-order valence-electron chi connectivity index (χ0n) is 14.3. The van der Waals surface area contributed by atoms with Crippen molar-refractivity contribution in [3.8, 4) is 0 Å². The molecule has 0 saturated carbocycles. The number of fused-ring (bicyclic) bond motifs is 2. The first-order chi connectivity index (χ1) is 13.3. The molecule has 0 spiro atoms. The molecule has 1 aliphatic rings. The third-order valence-electron chi connectivity index (χ3n) is 4.74. The van der Waals surface area contributed by atoms with Crippen molar-refractivity contribution < 1.29 is 27.5 Å². The molecular formula is C20H14F4N2O2. The number of hydrogen-bond donors (Lipinski definition) is 1. The van der Waals surface area contributed by atoms with E-state index in [1.807, 2.05) is 6.07 Å². The molecule has 4 nitrogen and oxygen atoms in total. The molecule has 8 heteroatoms. The molecule has 2 heterocycles. The Hall–Kier alpha value is -3.00. The number of carbonyl (C=O) groups excluding carboxylic acids is 1. The van der Waals surface area contributed by atoms with E-state index in [4.69, 9.17) is 0 Å². The number of halogens is 4. The van der Waals surface area contributed by atoms with Crippen molar-refractivity contribution in [3.05, 3.63) is 71.4 Å². The van der Waals surface area contributed by atoms with Gasteiger partial charge in [0.15, 0.2) is 0 Å². The summed E-state index contributed by atoms with van der Waals surface area (Å²) in [5, 5.41) is 10.4. The summed E-state index contributed by atoms with van der Waals surface area (Å²) in [6.07, 6.45) is -4.18. The van der Waals surface area contributed by atoms with Crippen LogP contribution >= 0.6 is 0 Å². The summed E-state index contributed by atoms with van der Waals surface area (Å²) in [5.41, 5.74) is -0.491. The number of aliphatic hydroxyl groups excluding tert-OH is 1.